The lowest BCUT2D eigenvalue weighted by Gasteiger charge is -2.17. The average molecular weight is 395 g/mol. The Kier molecular flexibility index (Phi) is 6.55. The first kappa shape index (κ1) is 19.8. The SMILES string of the molecule is C=CCc1cc(C=C2SC(=O)NC2=O)cc(OCC)c1OCc1ccccc1. The van der Waals surface area contributed by atoms with Crippen LogP contribution in [0, 0.1) is 0 Å². The van der Waals surface area contributed by atoms with Crippen molar-refractivity contribution in [1.82, 2.24) is 5.32 Å². The van der Waals surface area contributed by atoms with Gasteiger partial charge in [-0.3, -0.25) is 14.9 Å². The third-order valence-electron chi connectivity index (χ3n) is 3.98. The fourth-order valence-corrected chi connectivity index (χ4v) is 3.48. The highest BCUT2D eigenvalue weighted by Gasteiger charge is 2.25. The molecule has 0 aromatic heterocycles. The van der Waals surface area contributed by atoms with Gasteiger partial charge >= 0.3 is 0 Å². The Morgan fingerprint density at radius 3 is 2.57 bits per heavy atom. The van der Waals surface area contributed by atoms with Gasteiger partial charge in [-0.15, -0.1) is 6.58 Å². The van der Waals surface area contributed by atoms with E-state index in [-0.39, 0.29) is 11.1 Å². The number of thioether (sulfide) groups is 1. The van der Waals surface area contributed by atoms with Crippen LogP contribution in [0.5, 0.6) is 11.5 Å². The van der Waals surface area contributed by atoms with Gasteiger partial charge < -0.3 is 9.47 Å². The number of hydrogen-bond acceptors (Lipinski definition) is 5. The molecule has 5 nitrogen and oxygen atoms in total. The molecule has 0 atom stereocenters. The van der Waals surface area contributed by atoms with Crippen molar-refractivity contribution in [2.75, 3.05) is 6.61 Å². The van der Waals surface area contributed by atoms with E-state index in [9.17, 15) is 9.59 Å². The Hall–Kier alpha value is -2.99. The number of amides is 2. The maximum absolute atomic E-state index is 11.8. The van der Waals surface area contributed by atoms with Gasteiger partial charge in [0, 0.05) is 5.56 Å². The number of carbonyl (C=O) groups excluding carboxylic acids is 2. The van der Waals surface area contributed by atoms with Crippen LogP contribution >= 0.6 is 11.8 Å². The van der Waals surface area contributed by atoms with Crippen molar-refractivity contribution in [3.63, 3.8) is 0 Å². The predicted molar refractivity (Wildman–Crippen MR) is 111 cm³/mol. The molecule has 1 heterocycles. The number of rotatable bonds is 8. The molecule has 1 aliphatic heterocycles. The monoisotopic (exact) mass is 395 g/mol. The van der Waals surface area contributed by atoms with Crippen molar-refractivity contribution in [3.8, 4) is 11.5 Å². The van der Waals surface area contributed by atoms with Crippen LogP contribution in [0.15, 0.2) is 60.0 Å². The summed E-state index contributed by atoms with van der Waals surface area (Å²) in [6.45, 7) is 6.61. The molecule has 1 saturated heterocycles. The minimum atomic E-state index is -0.386. The molecule has 144 valence electrons. The summed E-state index contributed by atoms with van der Waals surface area (Å²) in [6.07, 6.45) is 4.05. The van der Waals surface area contributed by atoms with Crippen molar-refractivity contribution in [2.24, 2.45) is 0 Å². The van der Waals surface area contributed by atoms with E-state index in [1.165, 1.54) is 0 Å². The molecule has 0 bridgehead atoms. The van der Waals surface area contributed by atoms with Gasteiger partial charge in [0.1, 0.15) is 6.61 Å². The van der Waals surface area contributed by atoms with Crippen molar-refractivity contribution in [3.05, 3.63) is 76.7 Å². The summed E-state index contributed by atoms with van der Waals surface area (Å²) in [5.41, 5.74) is 2.72. The quantitative estimate of drug-likeness (QED) is 0.518. The number of hydrogen-bond donors (Lipinski definition) is 1. The van der Waals surface area contributed by atoms with Gasteiger partial charge in [-0.25, -0.2) is 0 Å². The van der Waals surface area contributed by atoms with Crippen molar-refractivity contribution in [1.29, 1.82) is 0 Å². The van der Waals surface area contributed by atoms with Crippen LogP contribution in [0.25, 0.3) is 6.08 Å². The van der Waals surface area contributed by atoms with Crippen LogP contribution in [0.1, 0.15) is 23.6 Å². The smallest absolute Gasteiger partial charge is 0.290 e. The molecule has 0 spiro atoms. The largest absolute Gasteiger partial charge is 0.490 e. The lowest BCUT2D eigenvalue weighted by Crippen LogP contribution is -2.17. The number of imide groups is 1. The van der Waals surface area contributed by atoms with Crippen molar-refractivity contribution >= 4 is 29.0 Å². The van der Waals surface area contributed by atoms with E-state index in [1.54, 1.807) is 12.2 Å². The van der Waals surface area contributed by atoms with E-state index in [0.29, 0.717) is 36.0 Å². The first-order chi connectivity index (χ1) is 13.6. The minimum Gasteiger partial charge on any atom is -0.490 e. The van der Waals surface area contributed by atoms with E-state index in [4.69, 9.17) is 9.47 Å². The molecule has 6 heteroatoms. The highest BCUT2D eigenvalue weighted by molar-refractivity contribution is 8.18. The molecule has 0 aliphatic carbocycles. The number of benzene rings is 2. The molecule has 1 fully saturated rings. The van der Waals surface area contributed by atoms with Gasteiger partial charge in [-0.1, -0.05) is 36.4 Å². The van der Waals surface area contributed by atoms with Gasteiger partial charge in [0.25, 0.3) is 11.1 Å². The molecule has 0 radical (unpaired) electrons. The highest BCUT2D eigenvalue weighted by atomic mass is 32.2. The summed E-state index contributed by atoms with van der Waals surface area (Å²) in [7, 11) is 0. The molecule has 0 unspecified atom stereocenters. The van der Waals surface area contributed by atoms with E-state index in [2.05, 4.69) is 11.9 Å². The normalized spacial score (nSPS) is 14.8. The summed E-state index contributed by atoms with van der Waals surface area (Å²) in [5.74, 6) is 0.870. The molecule has 28 heavy (non-hydrogen) atoms. The number of nitrogens with one attached hydrogen (secondary N) is 1. The Morgan fingerprint density at radius 2 is 1.93 bits per heavy atom. The fourth-order valence-electron chi connectivity index (χ4n) is 2.80. The van der Waals surface area contributed by atoms with E-state index < -0.39 is 0 Å². The maximum atomic E-state index is 11.8. The first-order valence-electron chi connectivity index (χ1n) is 8.93. The zero-order valence-corrected chi connectivity index (χ0v) is 16.4. The molecule has 1 aliphatic rings. The summed E-state index contributed by atoms with van der Waals surface area (Å²) >= 11 is 0.888. The number of carbonyl (C=O) groups is 2. The molecule has 2 aromatic carbocycles. The average Bonchev–Trinajstić information content (AvgIpc) is 2.99. The lowest BCUT2D eigenvalue weighted by atomic mass is 10.0. The summed E-state index contributed by atoms with van der Waals surface area (Å²) in [6, 6.07) is 13.6. The zero-order valence-electron chi connectivity index (χ0n) is 15.6. The third-order valence-corrected chi connectivity index (χ3v) is 4.79. The van der Waals surface area contributed by atoms with Gasteiger partial charge in [-0.2, -0.15) is 0 Å². The van der Waals surface area contributed by atoms with Gasteiger partial charge in [0.05, 0.1) is 11.5 Å². The van der Waals surface area contributed by atoms with Gasteiger partial charge in [0.15, 0.2) is 11.5 Å². The van der Waals surface area contributed by atoms with E-state index in [1.807, 2.05) is 49.4 Å². The molecular formula is C22H21NO4S. The molecule has 1 N–H and O–H groups in total. The van der Waals surface area contributed by atoms with E-state index in [0.717, 1.165) is 28.5 Å². The zero-order chi connectivity index (χ0) is 19.9. The second-order valence-corrected chi connectivity index (χ2v) is 7.07. The number of allylic oxidation sites excluding steroid dienone is 1. The second-order valence-electron chi connectivity index (χ2n) is 6.06. The van der Waals surface area contributed by atoms with E-state index >= 15 is 0 Å². The third kappa shape index (κ3) is 4.84. The summed E-state index contributed by atoms with van der Waals surface area (Å²) in [5, 5.41) is 1.90. The Balaban J connectivity index is 1.95. The Bertz CT molecular complexity index is 922. The highest BCUT2D eigenvalue weighted by Crippen LogP contribution is 2.36. The Morgan fingerprint density at radius 1 is 1.14 bits per heavy atom. The molecule has 0 saturated carbocycles. The Labute approximate surface area is 168 Å². The van der Waals surface area contributed by atoms with Crippen LogP contribution in [0.4, 0.5) is 4.79 Å². The molecular weight excluding hydrogens is 374 g/mol. The van der Waals surface area contributed by atoms with Crippen molar-refractivity contribution < 1.29 is 19.1 Å². The fraction of sp³-hybridized carbons (Fsp3) is 0.182. The first-order valence-corrected chi connectivity index (χ1v) is 9.74. The second kappa shape index (κ2) is 9.28. The summed E-state index contributed by atoms with van der Waals surface area (Å²) in [4.78, 5) is 23.6. The van der Waals surface area contributed by atoms with Gasteiger partial charge in [-0.05, 0) is 54.4 Å². The predicted octanol–water partition coefficient (Wildman–Crippen LogP) is 4.72. The maximum Gasteiger partial charge on any atom is 0.290 e. The van der Waals surface area contributed by atoms with Crippen LogP contribution in [0.3, 0.4) is 0 Å². The summed E-state index contributed by atoms with van der Waals surface area (Å²) < 4.78 is 11.9. The van der Waals surface area contributed by atoms with Crippen LogP contribution in [-0.4, -0.2) is 17.8 Å². The van der Waals surface area contributed by atoms with Gasteiger partial charge in [0.2, 0.25) is 0 Å². The standard InChI is InChI=1S/C22H21NO4S/c1-3-8-17-11-16(13-19-21(24)23-22(25)28-19)12-18(26-4-2)20(17)27-14-15-9-6-5-7-10-15/h3,5-7,9-13H,1,4,8,14H2,2H3,(H,23,24,25). The molecule has 3 rings (SSSR count). The van der Waals surface area contributed by atoms with Crippen LogP contribution in [-0.2, 0) is 17.8 Å². The topological polar surface area (TPSA) is 64.6 Å². The van der Waals surface area contributed by atoms with Crippen LogP contribution in [0.2, 0.25) is 0 Å². The lowest BCUT2D eigenvalue weighted by molar-refractivity contribution is -0.115. The van der Waals surface area contributed by atoms with Crippen molar-refractivity contribution in [2.45, 2.75) is 20.0 Å². The molecule has 2 aromatic rings. The number of ether oxygens (including phenoxy) is 2. The minimum absolute atomic E-state index is 0.356. The molecule has 2 amide bonds. The van der Waals surface area contributed by atoms with Crippen LogP contribution < -0.4 is 14.8 Å².